The number of carbonyl (C=O) groups excluding carboxylic acids is 1. The van der Waals surface area contributed by atoms with Gasteiger partial charge in [0.15, 0.2) is 0 Å². The van der Waals surface area contributed by atoms with E-state index in [1.165, 1.54) is 16.7 Å². The van der Waals surface area contributed by atoms with Crippen molar-refractivity contribution in [2.24, 2.45) is 0 Å². The lowest BCUT2D eigenvalue weighted by Crippen LogP contribution is -2.16. The van der Waals surface area contributed by atoms with Crippen LogP contribution >= 0.6 is 0 Å². The maximum Gasteiger partial charge on any atom is 0.418 e. The third kappa shape index (κ3) is 4.13. The van der Waals surface area contributed by atoms with Crippen LogP contribution in [0.2, 0.25) is 0 Å². The first-order chi connectivity index (χ1) is 14.1. The van der Waals surface area contributed by atoms with Crippen LogP contribution in [0, 0.1) is 13.8 Å². The predicted octanol–water partition coefficient (Wildman–Crippen LogP) is 6.88. The third-order valence-electron chi connectivity index (χ3n) is 5.48. The van der Waals surface area contributed by atoms with Crippen LogP contribution in [0.25, 0.3) is 5.69 Å². The molecular weight excluding hydrogens is 389 g/mol. The first-order valence-corrected chi connectivity index (χ1v) is 9.91. The number of carbonyl (C=O) groups is 1. The van der Waals surface area contributed by atoms with Gasteiger partial charge < -0.3 is 9.88 Å². The van der Waals surface area contributed by atoms with Crippen molar-refractivity contribution in [1.82, 2.24) is 4.57 Å². The lowest BCUT2D eigenvalue weighted by atomic mass is 9.97. The van der Waals surface area contributed by atoms with E-state index < -0.39 is 11.7 Å². The molecule has 3 nitrogen and oxygen atoms in total. The molecule has 0 radical (unpaired) electrons. The predicted molar refractivity (Wildman–Crippen MR) is 113 cm³/mol. The highest BCUT2D eigenvalue weighted by atomic mass is 19.4. The summed E-state index contributed by atoms with van der Waals surface area (Å²) in [5.41, 5.74) is 2.40. The molecule has 1 N–H and O–H groups in total. The Kier molecular flexibility index (Phi) is 6.06. The van der Waals surface area contributed by atoms with Crippen molar-refractivity contribution >= 4 is 11.6 Å². The monoisotopic (exact) mass is 414 g/mol. The van der Waals surface area contributed by atoms with Crippen molar-refractivity contribution in [1.29, 1.82) is 0 Å². The molecule has 2 aromatic carbocycles. The SMILES string of the molecule is CCC(C)c1ccccc1NC(=O)c1cc(C)n(-c2ccccc2C(F)(F)F)c1C. The Bertz CT molecular complexity index is 1070. The van der Waals surface area contributed by atoms with Gasteiger partial charge in [0.05, 0.1) is 16.8 Å². The first-order valence-electron chi connectivity index (χ1n) is 9.91. The van der Waals surface area contributed by atoms with Gasteiger partial charge >= 0.3 is 6.18 Å². The number of benzene rings is 2. The molecular formula is C24H25F3N2O. The second kappa shape index (κ2) is 8.38. The Morgan fingerprint density at radius 2 is 1.70 bits per heavy atom. The number of para-hydroxylation sites is 2. The van der Waals surface area contributed by atoms with Gasteiger partial charge in [-0.15, -0.1) is 0 Å². The second-order valence-corrected chi connectivity index (χ2v) is 7.49. The maximum atomic E-state index is 13.5. The lowest BCUT2D eigenvalue weighted by Gasteiger charge is -2.17. The van der Waals surface area contributed by atoms with Crippen LogP contribution in [0.3, 0.4) is 0 Å². The number of rotatable bonds is 5. The third-order valence-corrected chi connectivity index (χ3v) is 5.48. The number of nitrogens with one attached hydrogen (secondary N) is 1. The average molecular weight is 414 g/mol. The lowest BCUT2D eigenvalue weighted by molar-refractivity contribution is -0.137. The van der Waals surface area contributed by atoms with Crippen molar-refractivity contribution < 1.29 is 18.0 Å². The first kappa shape index (κ1) is 21.7. The fourth-order valence-corrected chi connectivity index (χ4v) is 3.72. The Morgan fingerprint density at radius 1 is 1.07 bits per heavy atom. The molecule has 1 heterocycles. The van der Waals surface area contributed by atoms with E-state index >= 15 is 0 Å². The van der Waals surface area contributed by atoms with Crippen molar-refractivity contribution in [3.05, 3.63) is 82.7 Å². The van der Waals surface area contributed by atoms with Crippen LogP contribution in [0.1, 0.15) is 59.1 Å². The van der Waals surface area contributed by atoms with E-state index in [0.29, 0.717) is 17.0 Å². The number of alkyl halides is 3. The Morgan fingerprint density at radius 3 is 2.37 bits per heavy atom. The fourth-order valence-electron chi connectivity index (χ4n) is 3.72. The summed E-state index contributed by atoms with van der Waals surface area (Å²) < 4.78 is 42.0. The normalized spacial score (nSPS) is 12.6. The molecule has 0 aliphatic rings. The van der Waals surface area contributed by atoms with Gasteiger partial charge in [0.25, 0.3) is 5.91 Å². The molecule has 3 aromatic rings. The van der Waals surface area contributed by atoms with Gasteiger partial charge in [-0.2, -0.15) is 13.2 Å². The molecule has 0 aliphatic heterocycles. The van der Waals surface area contributed by atoms with Gasteiger partial charge in [-0.25, -0.2) is 0 Å². The standard InChI is InChI=1S/C24H25F3N2O/c1-5-15(2)18-10-6-8-12-21(18)28-23(30)19-14-16(3)29(17(19)4)22-13-9-7-11-20(22)24(25,26)27/h6-15H,5H2,1-4H3,(H,28,30). The number of amides is 1. The van der Waals surface area contributed by atoms with E-state index in [2.05, 4.69) is 19.2 Å². The van der Waals surface area contributed by atoms with Gasteiger partial charge in [0.1, 0.15) is 0 Å². The molecule has 0 saturated carbocycles. The summed E-state index contributed by atoms with van der Waals surface area (Å²) in [6.07, 6.45) is -3.56. The summed E-state index contributed by atoms with van der Waals surface area (Å²) in [7, 11) is 0. The summed E-state index contributed by atoms with van der Waals surface area (Å²) in [5, 5.41) is 2.95. The van der Waals surface area contributed by atoms with E-state index in [1.54, 1.807) is 26.0 Å². The van der Waals surface area contributed by atoms with Crippen LogP contribution in [-0.2, 0) is 6.18 Å². The number of hydrogen-bond acceptors (Lipinski definition) is 1. The number of anilines is 1. The summed E-state index contributed by atoms with van der Waals surface area (Å²) in [4.78, 5) is 13.0. The van der Waals surface area contributed by atoms with Crippen LogP contribution < -0.4 is 5.32 Å². The number of halogens is 3. The highest BCUT2D eigenvalue weighted by Crippen LogP contribution is 2.35. The minimum absolute atomic E-state index is 0.0130. The van der Waals surface area contributed by atoms with Crippen LogP contribution in [0.5, 0.6) is 0 Å². The topological polar surface area (TPSA) is 34.0 Å². The Balaban J connectivity index is 2.01. The number of nitrogens with zero attached hydrogens (tertiary/aromatic N) is 1. The van der Waals surface area contributed by atoms with Gasteiger partial charge in [0.2, 0.25) is 0 Å². The molecule has 158 valence electrons. The van der Waals surface area contributed by atoms with Crippen molar-refractivity contribution in [3.63, 3.8) is 0 Å². The zero-order chi connectivity index (χ0) is 22.1. The molecule has 6 heteroatoms. The van der Waals surface area contributed by atoms with Crippen LogP contribution in [0.4, 0.5) is 18.9 Å². The highest BCUT2D eigenvalue weighted by Gasteiger charge is 2.34. The zero-order valence-corrected chi connectivity index (χ0v) is 17.5. The van der Waals surface area contributed by atoms with Gasteiger partial charge in [0, 0.05) is 17.1 Å². The van der Waals surface area contributed by atoms with Crippen molar-refractivity contribution in [2.45, 2.75) is 46.2 Å². The molecule has 1 unspecified atom stereocenters. The molecule has 1 atom stereocenters. The van der Waals surface area contributed by atoms with E-state index in [0.717, 1.165) is 23.7 Å². The van der Waals surface area contributed by atoms with E-state index in [9.17, 15) is 18.0 Å². The minimum Gasteiger partial charge on any atom is -0.322 e. The zero-order valence-electron chi connectivity index (χ0n) is 17.5. The second-order valence-electron chi connectivity index (χ2n) is 7.49. The Hall–Kier alpha value is -3.02. The molecule has 0 aliphatic carbocycles. The van der Waals surface area contributed by atoms with Crippen molar-refractivity contribution in [3.8, 4) is 5.69 Å². The fraction of sp³-hybridized carbons (Fsp3) is 0.292. The Labute approximate surface area is 174 Å². The summed E-state index contributed by atoms with van der Waals surface area (Å²) in [5.74, 6) is -0.0674. The van der Waals surface area contributed by atoms with E-state index in [-0.39, 0.29) is 17.5 Å². The van der Waals surface area contributed by atoms with E-state index in [4.69, 9.17) is 0 Å². The molecule has 0 spiro atoms. The summed E-state index contributed by atoms with van der Waals surface area (Å²) in [6, 6.07) is 14.6. The molecule has 1 amide bonds. The van der Waals surface area contributed by atoms with E-state index in [1.807, 2.05) is 24.3 Å². The van der Waals surface area contributed by atoms with Crippen molar-refractivity contribution in [2.75, 3.05) is 5.32 Å². The van der Waals surface area contributed by atoms with Crippen LogP contribution in [-0.4, -0.2) is 10.5 Å². The number of aromatic nitrogens is 1. The average Bonchev–Trinajstić information content (AvgIpc) is 3.01. The van der Waals surface area contributed by atoms with Gasteiger partial charge in [-0.1, -0.05) is 44.2 Å². The van der Waals surface area contributed by atoms with Gasteiger partial charge in [-0.3, -0.25) is 4.79 Å². The molecule has 1 aromatic heterocycles. The molecule has 30 heavy (non-hydrogen) atoms. The highest BCUT2D eigenvalue weighted by molar-refractivity contribution is 6.05. The number of aryl methyl sites for hydroxylation is 1. The summed E-state index contributed by atoms with van der Waals surface area (Å²) in [6.45, 7) is 7.53. The molecule has 3 rings (SSSR count). The quantitative estimate of drug-likeness (QED) is 0.485. The smallest absolute Gasteiger partial charge is 0.322 e. The minimum atomic E-state index is -4.49. The maximum absolute atomic E-state index is 13.5. The molecule has 0 fully saturated rings. The van der Waals surface area contributed by atoms with Gasteiger partial charge in [-0.05, 0) is 56.0 Å². The number of hydrogen-bond donors (Lipinski definition) is 1. The summed E-state index contributed by atoms with van der Waals surface area (Å²) >= 11 is 0. The molecule has 0 bridgehead atoms. The largest absolute Gasteiger partial charge is 0.418 e. The van der Waals surface area contributed by atoms with Crippen LogP contribution in [0.15, 0.2) is 54.6 Å². The molecule has 0 saturated heterocycles.